The van der Waals surface area contributed by atoms with Gasteiger partial charge in [-0.1, -0.05) is 20.8 Å². The van der Waals surface area contributed by atoms with Gasteiger partial charge in [0, 0.05) is 12.1 Å². The minimum Gasteiger partial charge on any atom is -0.490 e. The van der Waals surface area contributed by atoms with Crippen LogP contribution in [0, 0.1) is 19.8 Å². The summed E-state index contributed by atoms with van der Waals surface area (Å²) in [6.45, 7) is 9.80. The highest BCUT2D eigenvalue weighted by Gasteiger charge is 2.20. The molecule has 3 rings (SSSR count). The molecule has 1 unspecified atom stereocenters. The van der Waals surface area contributed by atoms with Crippen molar-refractivity contribution in [3.05, 3.63) is 39.8 Å². The maximum absolute atomic E-state index is 11.1. The number of hydrogen-bond acceptors (Lipinski definition) is 8. The Kier molecular flexibility index (Phi) is 8.82. The number of thiophene rings is 1. The van der Waals surface area contributed by atoms with Crippen LogP contribution in [0.15, 0.2) is 21.9 Å². The Morgan fingerprint density at radius 1 is 1.21 bits per heavy atom. The van der Waals surface area contributed by atoms with Crippen molar-refractivity contribution in [2.45, 2.75) is 53.6 Å². The quantitative estimate of drug-likeness (QED) is 0.377. The summed E-state index contributed by atoms with van der Waals surface area (Å²) in [5.41, 5.74) is 5.16. The lowest BCUT2D eigenvalue weighted by atomic mass is 9.99. The van der Waals surface area contributed by atoms with Gasteiger partial charge in [0.15, 0.2) is 0 Å². The van der Waals surface area contributed by atoms with Gasteiger partial charge in [0.25, 0.3) is 5.89 Å². The first kappa shape index (κ1) is 25.9. The molecule has 184 valence electrons. The fourth-order valence-corrected chi connectivity index (χ4v) is 4.96. The van der Waals surface area contributed by atoms with E-state index in [4.69, 9.17) is 14.3 Å². The summed E-state index contributed by atoms with van der Waals surface area (Å²) in [7, 11) is 0. The Bertz CT molecular complexity index is 1100. The second-order valence-electron chi connectivity index (χ2n) is 8.80. The summed E-state index contributed by atoms with van der Waals surface area (Å²) in [5.74, 6) is 1.68. The van der Waals surface area contributed by atoms with Gasteiger partial charge < -0.3 is 24.7 Å². The van der Waals surface area contributed by atoms with Gasteiger partial charge in [-0.15, -0.1) is 21.5 Å². The number of aromatic nitrogens is 2. The molecule has 0 aliphatic heterocycles. The molecule has 34 heavy (non-hydrogen) atoms. The normalized spacial score (nSPS) is 12.2. The van der Waals surface area contributed by atoms with E-state index in [-0.39, 0.29) is 13.2 Å². The molecule has 3 N–H and O–H groups in total. The minimum absolute atomic E-state index is 0.00167. The molecule has 2 aromatic heterocycles. The number of aliphatic hydroxyl groups excluding tert-OH is 2. The molecule has 0 spiro atoms. The van der Waals surface area contributed by atoms with Crippen LogP contribution in [0.1, 0.15) is 43.0 Å². The summed E-state index contributed by atoms with van der Waals surface area (Å²) >= 11 is 1.65. The van der Waals surface area contributed by atoms with Crippen molar-refractivity contribution in [3.63, 3.8) is 0 Å². The number of carbonyl (C=O) groups is 1. The molecule has 0 saturated heterocycles. The summed E-state index contributed by atoms with van der Waals surface area (Å²) in [6.07, 6.45) is 1.05. The van der Waals surface area contributed by atoms with Crippen molar-refractivity contribution < 1.29 is 24.2 Å². The maximum Gasteiger partial charge on any atom is 0.258 e. The zero-order chi connectivity index (χ0) is 24.8. The van der Waals surface area contributed by atoms with Gasteiger partial charge in [0.1, 0.15) is 25.1 Å². The molecule has 0 fully saturated rings. The molecule has 0 saturated carbocycles. The molecule has 0 aliphatic carbocycles. The van der Waals surface area contributed by atoms with E-state index >= 15 is 0 Å². The van der Waals surface area contributed by atoms with Crippen LogP contribution in [0.2, 0.25) is 0 Å². The van der Waals surface area contributed by atoms with E-state index < -0.39 is 18.6 Å². The van der Waals surface area contributed by atoms with Crippen molar-refractivity contribution in [2.24, 2.45) is 5.92 Å². The van der Waals surface area contributed by atoms with Crippen molar-refractivity contribution >= 4 is 17.2 Å². The van der Waals surface area contributed by atoms with Crippen molar-refractivity contribution in [1.29, 1.82) is 0 Å². The molecule has 8 nitrogen and oxygen atoms in total. The standard InChI is InChI=1S/C25H33N3O5S/c1-6-20-18(7-14(2)3)13-34-23(20)25-28-27-24(33-25)17-8-15(4)22(16(5)9-17)32-12-19(30)10-26-21(31)11-29/h8-9,13-14,19,29-30H,6-7,10-12H2,1-5H3,(H,26,31). The van der Waals surface area contributed by atoms with E-state index in [1.54, 1.807) is 11.3 Å². The second kappa shape index (κ2) is 11.6. The zero-order valence-corrected chi connectivity index (χ0v) is 21.2. The van der Waals surface area contributed by atoms with Gasteiger partial charge in [-0.25, -0.2) is 0 Å². The highest BCUT2D eigenvalue weighted by molar-refractivity contribution is 7.13. The molecule has 0 bridgehead atoms. The van der Waals surface area contributed by atoms with Crippen molar-refractivity contribution in [3.8, 4) is 28.0 Å². The number of amides is 1. The fourth-order valence-electron chi connectivity index (χ4n) is 3.86. The number of benzene rings is 1. The average molecular weight is 488 g/mol. The summed E-state index contributed by atoms with van der Waals surface area (Å²) in [5, 5.41) is 32.0. The number of nitrogens with one attached hydrogen (secondary N) is 1. The van der Waals surface area contributed by atoms with Crippen LogP contribution in [-0.2, 0) is 17.6 Å². The molecule has 0 aliphatic rings. The zero-order valence-electron chi connectivity index (χ0n) is 20.3. The van der Waals surface area contributed by atoms with Gasteiger partial charge in [-0.2, -0.15) is 0 Å². The molecular weight excluding hydrogens is 454 g/mol. The van der Waals surface area contributed by atoms with Crippen LogP contribution in [0.5, 0.6) is 5.75 Å². The van der Waals surface area contributed by atoms with Crippen LogP contribution in [0.3, 0.4) is 0 Å². The van der Waals surface area contributed by atoms with Gasteiger partial charge in [-0.05, 0) is 72.4 Å². The Morgan fingerprint density at radius 3 is 2.50 bits per heavy atom. The lowest BCUT2D eigenvalue weighted by Crippen LogP contribution is -2.36. The highest BCUT2D eigenvalue weighted by atomic mass is 32.1. The molecule has 0 radical (unpaired) electrons. The van der Waals surface area contributed by atoms with Gasteiger partial charge >= 0.3 is 0 Å². The topological polar surface area (TPSA) is 118 Å². The second-order valence-corrected chi connectivity index (χ2v) is 9.68. The lowest BCUT2D eigenvalue weighted by Gasteiger charge is -2.16. The molecule has 1 atom stereocenters. The van der Waals surface area contributed by atoms with Gasteiger partial charge in [0.05, 0.1) is 4.88 Å². The van der Waals surface area contributed by atoms with Crippen molar-refractivity contribution in [2.75, 3.05) is 19.8 Å². The molecule has 9 heteroatoms. The van der Waals surface area contributed by atoms with Crippen LogP contribution < -0.4 is 10.1 Å². The predicted octanol–water partition coefficient (Wildman–Crippen LogP) is 3.69. The maximum atomic E-state index is 11.1. The molecule has 1 amide bonds. The van der Waals surface area contributed by atoms with E-state index in [1.165, 1.54) is 11.1 Å². The number of aryl methyl sites for hydroxylation is 2. The summed E-state index contributed by atoms with van der Waals surface area (Å²) in [6, 6.07) is 3.83. The molecular formula is C25H33N3O5S. The third-order valence-corrected chi connectivity index (χ3v) is 6.45. The number of nitrogens with zero attached hydrogens (tertiary/aromatic N) is 2. The largest absolute Gasteiger partial charge is 0.490 e. The highest BCUT2D eigenvalue weighted by Crippen LogP contribution is 2.36. The number of carbonyl (C=O) groups excluding carboxylic acids is 1. The monoisotopic (exact) mass is 487 g/mol. The first-order valence-electron chi connectivity index (χ1n) is 11.5. The Morgan fingerprint density at radius 2 is 1.88 bits per heavy atom. The SMILES string of the molecule is CCc1c(CC(C)C)csc1-c1nnc(-c2cc(C)c(OCC(O)CNC(=O)CO)c(C)c2)o1. The first-order valence-corrected chi connectivity index (χ1v) is 12.3. The summed E-state index contributed by atoms with van der Waals surface area (Å²) < 4.78 is 11.9. The molecule has 3 aromatic rings. The van der Waals surface area contributed by atoms with Crippen LogP contribution >= 0.6 is 11.3 Å². The molecule has 1 aromatic carbocycles. The minimum atomic E-state index is -0.897. The third-order valence-electron chi connectivity index (χ3n) is 5.39. The number of aliphatic hydroxyl groups is 2. The van der Waals surface area contributed by atoms with E-state index in [0.29, 0.717) is 23.4 Å². The van der Waals surface area contributed by atoms with Gasteiger partial charge in [-0.3, -0.25) is 4.79 Å². The third kappa shape index (κ3) is 6.22. The average Bonchev–Trinajstić information content (AvgIpc) is 3.43. The van der Waals surface area contributed by atoms with E-state index in [9.17, 15) is 9.90 Å². The van der Waals surface area contributed by atoms with E-state index in [0.717, 1.165) is 34.4 Å². The lowest BCUT2D eigenvalue weighted by molar-refractivity contribution is -0.124. The Labute approximate surface area is 204 Å². The predicted molar refractivity (Wildman–Crippen MR) is 132 cm³/mol. The van der Waals surface area contributed by atoms with Crippen LogP contribution in [0.25, 0.3) is 22.2 Å². The smallest absolute Gasteiger partial charge is 0.258 e. The van der Waals surface area contributed by atoms with E-state index in [1.807, 2.05) is 26.0 Å². The molecule has 2 heterocycles. The van der Waals surface area contributed by atoms with Crippen LogP contribution in [0.4, 0.5) is 0 Å². The Balaban J connectivity index is 1.75. The Hall–Kier alpha value is -2.75. The fraction of sp³-hybridized carbons (Fsp3) is 0.480. The van der Waals surface area contributed by atoms with Crippen LogP contribution in [-0.4, -0.2) is 52.2 Å². The van der Waals surface area contributed by atoms with Crippen molar-refractivity contribution in [1.82, 2.24) is 15.5 Å². The number of ether oxygens (including phenoxy) is 1. The number of rotatable bonds is 11. The van der Waals surface area contributed by atoms with E-state index in [2.05, 4.69) is 41.7 Å². The van der Waals surface area contributed by atoms with Gasteiger partial charge in [0.2, 0.25) is 11.8 Å². The summed E-state index contributed by atoms with van der Waals surface area (Å²) in [4.78, 5) is 12.1. The first-order chi connectivity index (χ1) is 16.2. The number of hydrogen-bond donors (Lipinski definition) is 3.